The van der Waals surface area contributed by atoms with E-state index in [0.717, 1.165) is 44.9 Å². The van der Waals surface area contributed by atoms with Gasteiger partial charge in [-0.2, -0.15) is 0 Å². The first-order valence-electron chi connectivity index (χ1n) is 10.8. The number of hydrogen-bond acceptors (Lipinski definition) is 3. The van der Waals surface area contributed by atoms with Crippen molar-refractivity contribution in [3.63, 3.8) is 0 Å². The molecule has 0 radical (unpaired) electrons. The van der Waals surface area contributed by atoms with Gasteiger partial charge in [0.1, 0.15) is 0 Å². The van der Waals surface area contributed by atoms with Crippen molar-refractivity contribution in [2.45, 2.75) is 96.9 Å². The number of hydrogen-bond donors (Lipinski definition) is 2. The summed E-state index contributed by atoms with van der Waals surface area (Å²) in [5.41, 5.74) is -0.171. The molecule has 0 amide bonds. The molecule has 0 aromatic heterocycles. The number of aliphatic carboxylic acids is 1. The van der Waals surface area contributed by atoms with Crippen molar-refractivity contribution in [2.75, 3.05) is 0 Å². The smallest absolute Gasteiger partial charge is 0.309 e. The molecule has 2 saturated carbocycles. The molecule has 0 aromatic rings. The van der Waals surface area contributed by atoms with Crippen LogP contribution in [0.4, 0.5) is 0 Å². The lowest BCUT2D eigenvalue weighted by Gasteiger charge is -2.59. The van der Waals surface area contributed by atoms with Gasteiger partial charge in [-0.05, 0) is 63.2 Å². The van der Waals surface area contributed by atoms with Crippen molar-refractivity contribution in [1.82, 2.24) is 0 Å². The molecule has 26 heavy (non-hydrogen) atoms. The largest absolute Gasteiger partial charge is 0.481 e. The Balaban J connectivity index is 1.85. The van der Waals surface area contributed by atoms with E-state index in [2.05, 4.69) is 27.7 Å². The molecule has 2 aliphatic carbocycles. The molecule has 2 N–H and O–H groups in total. The summed E-state index contributed by atoms with van der Waals surface area (Å²) in [4.78, 5) is 12.0. The van der Waals surface area contributed by atoms with Crippen molar-refractivity contribution in [3.8, 4) is 0 Å². The fourth-order valence-electron chi connectivity index (χ4n) is 6.49. The molecule has 8 atom stereocenters. The van der Waals surface area contributed by atoms with Crippen LogP contribution in [0.25, 0.3) is 0 Å². The first-order valence-corrected chi connectivity index (χ1v) is 10.8. The third-order valence-electron chi connectivity index (χ3n) is 7.70. The number of carboxylic acid groups (broad SMARTS) is 1. The summed E-state index contributed by atoms with van der Waals surface area (Å²) in [6.45, 7) is 8.87. The molecule has 3 fully saturated rings. The number of unbranched alkanes of at least 4 members (excludes halogenated alkanes) is 2. The molecule has 3 aliphatic rings. The Hall–Kier alpha value is -0.610. The lowest BCUT2D eigenvalue weighted by molar-refractivity contribution is -0.252. The van der Waals surface area contributed by atoms with E-state index in [1.54, 1.807) is 0 Å². The van der Waals surface area contributed by atoms with E-state index in [4.69, 9.17) is 4.74 Å². The van der Waals surface area contributed by atoms with Crippen molar-refractivity contribution in [2.24, 2.45) is 35.5 Å². The molecule has 150 valence electrons. The van der Waals surface area contributed by atoms with Crippen LogP contribution in [0.3, 0.4) is 0 Å². The third kappa shape index (κ3) is 3.69. The first-order chi connectivity index (χ1) is 12.3. The predicted octanol–water partition coefficient (Wildman–Crippen LogP) is 4.49. The van der Waals surface area contributed by atoms with Crippen LogP contribution < -0.4 is 0 Å². The molecular weight excluding hydrogens is 328 g/mol. The standard InChI is InChI=1S/C22H38O4/c1-5-6-7-8-14-12-17-19(20(23)18(14)21(24)25)15-11-13(2)9-10-16(15)22(3,4)26-17/h13-20,23H,5-12H2,1-4H3,(H,24,25)/t13?,14?,15-,16-,17?,18?,19?,20?/m1/s1. The van der Waals surface area contributed by atoms with Crippen LogP contribution in [-0.4, -0.2) is 34.0 Å². The topological polar surface area (TPSA) is 66.8 Å². The monoisotopic (exact) mass is 366 g/mol. The van der Waals surface area contributed by atoms with E-state index in [1.165, 1.54) is 6.42 Å². The Labute approximate surface area is 158 Å². The third-order valence-corrected chi connectivity index (χ3v) is 7.70. The predicted molar refractivity (Wildman–Crippen MR) is 102 cm³/mol. The molecule has 3 rings (SSSR count). The Bertz CT molecular complexity index is 502. The minimum absolute atomic E-state index is 0.00813. The van der Waals surface area contributed by atoms with Gasteiger partial charge in [0.2, 0.25) is 0 Å². The molecule has 0 bridgehead atoms. The average molecular weight is 367 g/mol. The number of carbonyl (C=O) groups is 1. The summed E-state index contributed by atoms with van der Waals surface area (Å²) >= 11 is 0. The Kier molecular flexibility index (Phi) is 6.03. The van der Waals surface area contributed by atoms with Crippen LogP contribution in [-0.2, 0) is 9.53 Å². The Morgan fingerprint density at radius 1 is 1.19 bits per heavy atom. The van der Waals surface area contributed by atoms with Gasteiger partial charge in [0.25, 0.3) is 0 Å². The van der Waals surface area contributed by atoms with E-state index in [-0.39, 0.29) is 23.5 Å². The van der Waals surface area contributed by atoms with Crippen molar-refractivity contribution < 1.29 is 19.7 Å². The molecule has 4 nitrogen and oxygen atoms in total. The van der Waals surface area contributed by atoms with Gasteiger partial charge in [-0.15, -0.1) is 0 Å². The summed E-state index contributed by atoms with van der Waals surface area (Å²) < 4.78 is 6.56. The molecular formula is C22H38O4. The highest BCUT2D eigenvalue weighted by molar-refractivity contribution is 5.71. The number of ether oxygens (including phenoxy) is 1. The van der Waals surface area contributed by atoms with Gasteiger partial charge in [0.15, 0.2) is 0 Å². The minimum Gasteiger partial charge on any atom is -0.481 e. The first kappa shape index (κ1) is 20.1. The maximum Gasteiger partial charge on any atom is 0.309 e. The molecule has 6 unspecified atom stereocenters. The highest BCUT2D eigenvalue weighted by atomic mass is 16.5. The fourth-order valence-corrected chi connectivity index (χ4v) is 6.49. The lowest BCUT2D eigenvalue weighted by atomic mass is 9.55. The zero-order valence-corrected chi connectivity index (χ0v) is 17.0. The van der Waals surface area contributed by atoms with Gasteiger partial charge in [0.05, 0.1) is 23.7 Å². The van der Waals surface area contributed by atoms with Gasteiger partial charge < -0.3 is 14.9 Å². The zero-order valence-electron chi connectivity index (χ0n) is 17.0. The van der Waals surface area contributed by atoms with Gasteiger partial charge in [0, 0.05) is 5.92 Å². The summed E-state index contributed by atoms with van der Waals surface area (Å²) in [6, 6.07) is 0. The maximum absolute atomic E-state index is 12.0. The lowest BCUT2D eigenvalue weighted by Crippen LogP contribution is -2.62. The molecule has 0 aromatic carbocycles. The molecule has 4 heteroatoms. The second kappa shape index (κ2) is 7.79. The van der Waals surface area contributed by atoms with E-state index < -0.39 is 18.0 Å². The summed E-state index contributed by atoms with van der Waals surface area (Å²) in [5.74, 6) is 0.0478. The van der Waals surface area contributed by atoms with Crippen LogP contribution in [0, 0.1) is 35.5 Å². The van der Waals surface area contributed by atoms with Crippen molar-refractivity contribution in [1.29, 1.82) is 0 Å². The average Bonchev–Trinajstić information content (AvgIpc) is 2.53. The van der Waals surface area contributed by atoms with E-state index in [9.17, 15) is 15.0 Å². The molecule has 0 spiro atoms. The van der Waals surface area contributed by atoms with Crippen LogP contribution >= 0.6 is 0 Å². The summed E-state index contributed by atoms with van der Waals surface area (Å²) in [5, 5.41) is 21.1. The van der Waals surface area contributed by atoms with Gasteiger partial charge in [-0.1, -0.05) is 39.5 Å². The van der Waals surface area contributed by atoms with E-state index in [1.807, 2.05) is 0 Å². The molecule has 1 aliphatic heterocycles. The zero-order chi connectivity index (χ0) is 19.1. The minimum atomic E-state index is -0.817. The second-order valence-electron chi connectivity index (χ2n) is 9.87. The van der Waals surface area contributed by atoms with Gasteiger partial charge in [-0.25, -0.2) is 0 Å². The Morgan fingerprint density at radius 2 is 1.92 bits per heavy atom. The van der Waals surface area contributed by atoms with E-state index >= 15 is 0 Å². The summed E-state index contributed by atoms with van der Waals surface area (Å²) in [6.07, 6.45) is 7.66. The second-order valence-corrected chi connectivity index (χ2v) is 9.87. The number of rotatable bonds is 5. The normalized spacial score (nSPS) is 44.8. The van der Waals surface area contributed by atoms with Crippen LogP contribution in [0.1, 0.15) is 79.1 Å². The van der Waals surface area contributed by atoms with Gasteiger partial charge in [-0.3, -0.25) is 4.79 Å². The van der Waals surface area contributed by atoms with Crippen molar-refractivity contribution in [3.05, 3.63) is 0 Å². The number of aliphatic hydroxyl groups is 1. The highest BCUT2D eigenvalue weighted by Gasteiger charge is 2.58. The van der Waals surface area contributed by atoms with Crippen LogP contribution in [0.15, 0.2) is 0 Å². The number of aliphatic hydroxyl groups excluding tert-OH is 1. The summed E-state index contributed by atoms with van der Waals surface area (Å²) in [7, 11) is 0. The molecule has 1 heterocycles. The van der Waals surface area contributed by atoms with Crippen LogP contribution in [0.2, 0.25) is 0 Å². The highest BCUT2D eigenvalue weighted by Crippen LogP contribution is 2.55. The van der Waals surface area contributed by atoms with Crippen molar-refractivity contribution >= 4 is 5.97 Å². The number of carboxylic acids is 1. The molecule has 1 saturated heterocycles. The van der Waals surface area contributed by atoms with E-state index in [0.29, 0.717) is 17.8 Å². The van der Waals surface area contributed by atoms with Gasteiger partial charge >= 0.3 is 5.97 Å². The number of fused-ring (bicyclic) bond motifs is 3. The van der Waals surface area contributed by atoms with Crippen LogP contribution in [0.5, 0.6) is 0 Å². The maximum atomic E-state index is 12.0. The SMILES string of the molecule is CCCCCC1CC2OC(C)(C)[C@@H]3CCC(C)C[C@H]3C2C(O)C1C(=O)O. The quantitative estimate of drug-likeness (QED) is 0.703. The fraction of sp³-hybridized carbons (Fsp3) is 0.955. The Morgan fingerprint density at radius 3 is 2.58 bits per heavy atom.